The van der Waals surface area contributed by atoms with Crippen molar-refractivity contribution in [3.8, 4) is 5.75 Å². The predicted molar refractivity (Wildman–Crippen MR) is 78.4 cm³/mol. The first kappa shape index (κ1) is 14.4. The molecule has 3 unspecified atom stereocenters. The zero-order valence-electron chi connectivity index (χ0n) is 12.4. The number of rotatable bonds is 4. The molecule has 19 heavy (non-hydrogen) atoms. The molecule has 1 aromatic carbocycles. The maximum atomic E-state index is 10.6. The van der Waals surface area contributed by atoms with E-state index in [-0.39, 0.29) is 6.10 Å². The molecule has 0 aliphatic heterocycles. The summed E-state index contributed by atoms with van der Waals surface area (Å²) in [5, 5.41) is 10.6. The Bertz CT molecular complexity index is 414. The number of ether oxygens (including phenoxy) is 1. The molecule has 1 aromatic rings. The van der Waals surface area contributed by atoms with E-state index >= 15 is 0 Å². The molecule has 0 saturated heterocycles. The van der Waals surface area contributed by atoms with Crippen LogP contribution in [0.4, 0.5) is 0 Å². The first-order valence-electron chi connectivity index (χ1n) is 7.48. The fraction of sp³-hybridized carbons (Fsp3) is 0.647. The molecule has 0 bridgehead atoms. The highest BCUT2D eigenvalue weighted by Crippen LogP contribution is 2.39. The van der Waals surface area contributed by atoms with Crippen molar-refractivity contribution in [3.63, 3.8) is 0 Å². The standard InChI is InChI=1S/C17H26O2/c1-4-13-6-5-7-14(10-13)17(18)15-9-8-12(2)16(11-15)19-3/h8-9,11,13-14,17-18H,4-7,10H2,1-3H3. The van der Waals surface area contributed by atoms with Crippen LogP contribution in [-0.2, 0) is 0 Å². The summed E-state index contributed by atoms with van der Waals surface area (Å²) in [6, 6.07) is 6.07. The first-order chi connectivity index (χ1) is 9.15. The first-order valence-corrected chi connectivity index (χ1v) is 7.48. The van der Waals surface area contributed by atoms with E-state index in [1.54, 1.807) is 7.11 Å². The molecule has 1 aliphatic rings. The van der Waals surface area contributed by atoms with Crippen LogP contribution in [0.3, 0.4) is 0 Å². The lowest BCUT2D eigenvalue weighted by molar-refractivity contribution is 0.0676. The van der Waals surface area contributed by atoms with Crippen molar-refractivity contribution in [3.05, 3.63) is 29.3 Å². The molecule has 2 heteroatoms. The van der Waals surface area contributed by atoms with E-state index in [1.807, 2.05) is 25.1 Å². The van der Waals surface area contributed by atoms with Crippen LogP contribution in [0.1, 0.15) is 56.3 Å². The van der Waals surface area contributed by atoms with Gasteiger partial charge in [0.25, 0.3) is 0 Å². The van der Waals surface area contributed by atoms with Gasteiger partial charge in [-0.15, -0.1) is 0 Å². The Morgan fingerprint density at radius 1 is 1.37 bits per heavy atom. The summed E-state index contributed by atoms with van der Waals surface area (Å²) < 4.78 is 5.35. The average molecular weight is 262 g/mol. The van der Waals surface area contributed by atoms with Crippen LogP contribution in [-0.4, -0.2) is 12.2 Å². The SMILES string of the molecule is CCC1CCCC(C(O)c2ccc(C)c(OC)c2)C1. The topological polar surface area (TPSA) is 29.5 Å². The van der Waals surface area contributed by atoms with E-state index in [1.165, 1.54) is 19.3 Å². The lowest BCUT2D eigenvalue weighted by Gasteiger charge is -2.32. The smallest absolute Gasteiger partial charge is 0.122 e. The molecule has 1 saturated carbocycles. The number of benzene rings is 1. The summed E-state index contributed by atoms with van der Waals surface area (Å²) in [7, 11) is 1.69. The van der Waals surface area contributed by atoms with E-state index in [9.17, 15) is 5.11 Å². The van der Waals surface area contributed by atoms with Crippen molar-refractivity contribution < 1.29 is 9.84 Å². The van der Waals surface area contributed by atoms with Gasteiger partial charge in [0.1, 0.15) is 5.75 Å². The summed E-state index contributed by atoms with van der Waals surface area (Å²) in [4.78, 5) is 0. The quantitative estimate of drug-likeness (QED) is 0.878. The molecule has 2 nitrogen and oxygen atoms in total. The van der Waals surface area contributed by atoms with Gasteiger partial charge in [-0.05, 0) is 48.8 Å². The van der Waals surface area contributed by atoms with Gasteiger partial charge in [-0.3, -0.25) is 0 Å². The fourth-order valence-electron chi connectivity index (χ4n) is 3.28. The average Bonchev–Trinajstić information content (AvgIpc) is 2.47. The highest BCUT2D eigenvalue weighted by atomic mass is 16.5. The molecule has 1 aliphatic carbocycles. The molecule has 2 rings (SSSR count). The molecule has 0 radical (unpaired) electrons. The lowest BCUT2D eigenvalue weighted by Crippen LogP contribution is -2.21. The van der Waals surface area contributed by atoms with Crippen LogP contribution in [0.2, 0.25) is 0 Å². The lowest BCUT2D eigenvalue weighted by atomic mass is 9.76. The number of hydrogen-bond acceptors (Lipinski definition) is 2. The van der Waals surface area contributed by atoms with Crippen LogP contribution < -0.4 is 4.74 Å². The maximum Gasteiger partial charge on any atom is 0.122 e. The van der Waals surface area contributed by atoms with Gasteiger partial charge in [0.2, 0.25) is 0 Å². The Balaban J connectivity index is 2.12. The van der Waals surface area contributed by atoms with Crippen LogP contribution in [0.15, 0.2) is 18.2 Å². The Labute approximate surface area is 116 Å². The summed E-state index contributed by atoms with van der Waals surface area (Å²) in [6.07, 6.45) is 5.78. The van der Waals surface area contributed by atoms with E-state index < -0.39 is 0 Å². The third kappa shape index (κ3) is 3.30. The number of hydrogen-bond donors (Lipinski definition) is 1. The predicted octanol–water partition coefficient (Wildman–Crippen LogP) is 4.25. The van der Waals surface area contributed by atoms with Gasteiger partial charge >= 0.3 is 0 Å². The maximum absolute atomic E-state index is 10.6. The fourth-order valence-corrected chi connectivity index (χ4v) is 3.28. The minimum atomic E-state index is -0.344. The normalized spacial score (nSPS) is 25.1. The highest BCUT2D eigenvalue weighted by molar-refractivity contribution is 5.37. The monoisotopic (exact) mass is 262 g/mol. The molecule has 3 atom stereocenters. The van der Waals surface area contributed by atoms with E-state index in [2.05, 4.69) is 6.92 Å². The van der Waals surface area contributed by atoms with E-state index in [4.69, 9.17) is 4.74 Å². The summed E-state index contributed by atoms with van der Waals surface area (Å²) in [5.41, 5.74) is 2.12. The third-order valence-electron chi connectivity index (χ3n) is 4.62. The van der Waals surface area contributed by atoms with Crippen molar-refractivity contribution in [2.45, 2.75) is 52.1 Å². The summed E-state index contributed by atoms with van der Waals surface area (Å²) in [6.45, 7) is 4.29. The van der Waals surface area contributed by atoms with Crippen LogP contribution in [0.25, 0.3) is 0 Å². The number of aryl methyl sites for hydroxylation is 1. The van der Waals surface area contributed by atoms with Crippen molar-refractivity contribution in [1.29, 1.82) is 0 Å². The number of methoxy groups -OCH3 is 1. The zero-order chi connectivity index (χ0) is 13.8. The molecule has 0 heterocycles. The van der Waals surface area contributed by atoms with Crippen molar-refractivity contribution in [2.75, 3.05) is 7.11 Å². The van der Waals surface area contributed by atoms with Gasteiger partial charge in [-0.1, -0.05) is 38.3 Å². The van der Waals surface area contributed by atoms with Crippen LogP contribution in [0, 0.1) is 18.8 Å². The second-order valence-corrected chi connectivity index (χ2v) is 5.87. The Hall–Kier alpha value is -1.02. The molecule has 0 aromatic heterocycles. The van der Waals surface area contributed by atoms with Gasteiger partial charge in [0, 0.05) is 0 Å². The summed E-state index contributed by atoms with van der Waals surface area (Å²) in [5.74, 6) is 2.08. The number of aliphatic hydroxyl groups excluding tert-OH is 1. The van der Waals surface area contributed by atoms with Gasteiger partial charge < -0.3 is 9.84 Å². The molecule has 1 fully saturated rings. The zero-order valence-corrected chi connectivity index (χ0v) is 12.4. The minimum Gasteiger partial charge on any atom is -0.496 e. The van der Waals surface area contributed by atoms with Crippen molar-refractivity contribution >= 4 is 0 Å². The second kappa shape index (κ2) is 6.42. The molecule has 1 N–H and O–H groups in total. The molecule has 0 spiro atoms. The molecular weight excluding hydrogens is 236 g/mol. The summed E-state index contributed by atoms with van der Waals surface area (Å²) >= 11 is 0. The van der Waals surface area contributed by atoms with Crippen molar-refractivity contribution in [2.24, 2.45) is 11.8 Å². The Kier molecular flexibility index (Phi) is 4.87. The van der Waals surface area contributed by atoms with E-state index in [0.29, 0.717) is 5.92 Å². The van der Waals surface area contributed by atoms with E-state index in [0.717, 1.165) is 35.6 Å². The minimum absolute atomic E-state index is 0.344. The van der Waals surface area contributed by atoms with Gasteiger partial charge in [-0.25, -0.2) is 0 Å². The second-order valence-electron chi connectivity index (χ2n) is 5.87. The largest absolute Gasteiger partial charge is 0.496 e. The number of aliphatic hydroxyl groups is 1. The van der Waals surface area contributed by atoms with Gasteiger partial charge in [-0.2, -0.15) is 0 Å². The van der Waals surface area contributed by atoms with Gasteiger partial charge in [0.15, 0.2) is 0 Å². The van der Waals surface area contributed by atoms with Gasteiger partial charge in [0.05, 0.1) is 13.2 Å². The Morgan fingerprint density at radius 3 is 2.84 bits per heavy atom. The Morgan fingerprint density at radius 2 is 2.16 bits per heavy atom. The molecule has 0 amide bonds. The van der Waals surface area contributed by atoms with Crippen LogP contribution in [0.5, 0.6) is 5.75 Å². The molecular formula is C17H26O2. The molecule has 106 valence electrons. The third-order valence-corrected chi connectivity index (χ3v) is 4.62. The highest BCUT2D eigenvalue weighted by Gasteiger charge is 2.27. The van der Waals surface area contributed by atoms with Crippen LogP contribution >= 0.6 is 0 Å². The van der Waals surface area contributed by atoms with Crippen molar-refractivity contribution in [1.82, 2.24) is 0 Å².